The summed E-state index contributed by atoms with van der Waals surface area (Å²) in [6.45, 7) is 3.67. The summed E-state index contributed by atoms with van der Waals surface area (Å²) >= 11 is 5.94. The molecule has 1 heterocycles. The smallest absolute Gasteiger partial charge is 0.183 e. The van der Waals surface area contributed by atoms with E-state index in [-0.39, 0.29) is 12.1 Å². The van der Waals surface area contributed by atoms with Crippen molar-refractivity contribution in [3.63, 3.8) is 0 Å². The van der Waals surface area contributed by atoms with E-state index in [9.17, 15) is 0 Å². The van der Waals surface area contributed by atoms with E-state index in [0.717, 1.165) is 53.2 Å². The molecule has 1 aliphatic rings. The predicted octanol–water partition coefficient (Wildman–Crippen LogP) is 7.66. The summed E-state index contributed by atoms with van der Waals surface area (Å²) in [5.74, 6) is 0.336. The van der Waals surface area contributed by atoms with E-state index in [4.69, 9.17) is 21.1 Å². The summed E-state index contributed by atoms with van der Waals surface area (Å²) in [4.78, 5) is 0. The van der Waals surface area contributed by atoms with Crippen LogP contribution < -0.4 is 0 Å². The van der Waals surface area contributed by atoms with Crippen LogP contribution in [0.4, 0.5) is 4.39 Å². The molecule has 1 saturated heterocycles. The van der Waals surface area contributed by atoms with Crippen molar-refractivity contribution in [1.82, 2.24) is 0 Å². The molecule has 0 bridgehead atoms. The molecule has 0 N–H and O–H groups in total. The van der Waals surface area contributed by atoms with Gasteiger partial charge in [0.05, 0.1) is 13.2 Å². The van der Waals surface area contributed by atoms with Crippen molar-refractivity contribution in [3.05, 3.63) is 82.1 Å². The molecule has 0 atom stereocenters. The molecule has 0 aromatic heterocycles. The summed E-state index contributed by atoms with van der Waals surface area (Å²) in [6, 6.07) is 17.4. The Kier molecular flexibility index (Phi) is 7.60. The van der Waals surface area contributed by atoms with E-state index in [1.54, 1.807) is 0 Å². The summed E-state index contributed by atoms with van der Waals surface area (Å²) in [6.07, 6.45) is 5.95. The SMILES string of the molecule is CCCCCC1COC(c2ccc3c(F)c(CCc4ccc(Cl)cc4)ccc3c2)OC1. The Balaban J connectivity index is 1.41. The molecule has 2 nitrogen and oxygen atoms in total. The molecule has 0 aliphatic carbocycles. The molecule has 3 aromatic rings. The van der Waals surface area contributed by atoms with Crippen LogP contribution in [0.25, 0.3) is 10.8 Å². The minimum atomic E-state index is -0.362. The third kappa shape index (κ3) is 5.65. The number of ether oxygens (including phenoxy) is 2. The maximum absolute atomic E-state index is 15.1. The van der Waals surface area contributed by atoms with Gasteiger partial charge >= 0.3 is 0 Å². The van der Waals surface area contributed by atoms with Crippen molar-refractivity contribution < 1.29 is 13.9 Å². The van der Waals surface area contributed by atoms with Gasteiger partial charge in [-0.1, -0.05) is 74.2 Å². The lowest BCUT2D eigenvalue weighted by Gasteiger charge is -2.29. The van der Waals surface area contributed by atoms with E-state index in [2.05, 4.69) is 6.92 Å². The predicted molar refractivity (Wildman–Crippen MR) is 125 cm³/mol. The van der Waals surface area contributed by atoms with Gasteiger partial charge in [0.1, 0.15) is 5.82 Å². The highest BCUT2D eigenvalue weighted by molar-refractivity contribution is 6.30. The number of fused-ring (bicyclic) bond motifs is 1. The van der Waals surface area contributed by atoms with Gasteiger partial charge in [0, 0.05) is 21.9 Å². The number of benzene rings is 3. The molecule has 0 unspecified atom stereocenters. The topological polar surface area (TPSA) is 18.5 Å². The van der Waals surface area contributed by atoms with Crippen LogP contribution in [-0.2, 0) is 22.3 Å². The maximum atomic E-state index is 15.1. The number of unbranched alkanes of at least 4 members (excludes halogenated alkanes) is 2. The van der Waals surface area contributed by atoms with Crippen molar-refractivity contribution in [3.8, 4) is 0 Å². The summed E-state index contributed by atoms with van der Waals surface area (Å²) in [5, 5.41) is 2.24. The van der Waals surface area contributed by atoms with E-state index >= 15 is 4.39 Å². The Labute approximate surface area is 189 Å². The second-order valence-corrected chi connectivity index (χ2v) is 8.94. The molecular formula is C27H30ClFO2. The molecule has 4 rings (SSSR count). The molecule has 4 heteroatoms. The van der Waals surface area contributed by atoms with Gasteiger partial charge < -0.3 is 9.47 Å². The standard InChI is InChI=1S/C27H30ClFO2/c1-2-3-4-5-20-17-30-27(31-18-20)23-12-15-25-22(16-23)11-10-21(26(25)29)9-6-19-7-13-24(28)14-8-19/h7-8,10-16,20,27H,2-6,9,17-18H2,1H3. The molecule has 1 aliphatic heterocycles. The van der Waals surface area contributed by atoms with E-state index in [1.807, 2.05) is 54.6 Å². The van der Waals surface area contributed by atoms with Gasteiger partial charge in [-0.15, -0.1) is 0 Å². The van der Waals surface area contributed by atoms with Gasteiger partial charge in [0.2, 0.25) is 0 Å². The number of aryl methyl sites for hydroxylation is 2. The number of hydrogen-bond donors (Lipinski definition) is 0. The zero-order chi connectivity index (χ0) is 21.6. The second kappa shape index (κ2) is 10.6. The summed E-state index contributed by atoms with van der Waals surface area (Å²) in [7, 11) is 0. The van der Waals surface area contributed by atoms with E-state index in [1.165, 1.54) is 19.3 Å². The minimum Gasteiger partial charge on any atom is -0.348 e. The van der Waals surface area contributed by atoms with Gasteiger partial charge in [-0.3, -0.25) is 0 Å². The zero-order valence-electron chi connectivity index (χ0n) is 18.1. The fourth-order valence-corrected chi connectivity index (χ4v) is 4.34. The van der Waals surface area contributed by atoms with Crippen molar-refractivity contribution in [2.24, 2.45) is 5.92 Å². The lowest BCUT2D eigenvalue weighted by Crippen LogP contribution is -2.27. The Bertz CT molecular complexity index is 994. The van der Waals surface area contributed by atoms with Crippen LogP contribution in [0.3, 0.4) is 0 Å². The van der Waals surface area contributed by atoms with Crippen molar-refractivity contribution >= 4 is 22.4 Å². The van der Waals surface area contributed by atoms with Crippen LogP contribution in [0.2, 0.25) is 5.02 Å². The minimum absolute atomic E-state index is 0.139. The molecule has 31 heavy (non-hydrogen) atoms. The van der Waals surface area contributed by atoms with Gasteiger partial charge in [0.15, 0.2) is 6.29 Å². The Morgan fingerprint density at radius 3 is 2.45 bits per heavy atom. The lowest BCUT2D eigenvalue weighted by atomic mass is 9.98. The first-order chi connectivity index (χ1) is 15.1. The average molecular weight is 441 g/mol. The van der Waals surface area contributed by atoms with Gasteiger partial charge in [-0.05, 0) is 54.0 Å². The summed E-state index contributed by atoms with van der Waals surface area (Å²) in [5.41, 5.74) is 2.84. The monoisotopic (exact) mass is 440 g/mol. The first-order valence-corrected chi connectivity index (χ1v) is 11.7. The highest BCUT2D eigenvalue weighted by Crippen LogP contribution is 2.31. The molecule has 164 valence electrons. The molecular weight excluding hydrogens is 411 g/mol. The van der Waals surface area contributed by atoms with Crippen LogP contribution in [-0.4, -0.2) is 13.2 Å². The first kappa shape index (κ1) is 22.3. The number of hydrogen-bond acceptors (Lipinski definition) is 2. The molecule has 0 amide bonds. The third-order valence-electron chi connectivity index (χ3n) is 6.11. The lowest BCUT2D eigenvalue weighted by molar-refractivity contribution is -0.206. The van der Waals surface area contributed by atoms with Crippen LogP contribution >= 0.6 is 11.6 Å². The first-order valence-electron chi connectivity index (χ1n) is 11.3. The molecule has 0 radical (unpaired) electrons. The van der Waals surface area contributed by atoms with Gasteiger partial charge in [-0.25, -0.2) is 4.39 Å². The van der Waals surface area contributed by atoms with Crippen LogP contribution in [0, 0.1) is 11.7 Å². The third-order valence-corrected chi connectivity index (χ3v) is 6.36. The van der Waals surface area contributed by atoms with E-state index in [0.29, 0.717) is 17.7 Å². The Hall–Kier alpha value is -1.94. The van der Waals surface area contributed by atoms with Gasteiger partial charge in [-0.2, -0.15) is 0 Å². The molecule has 0 saturated carbocycles. The quantitative estimate of drug-likeness (QED) is 0.335. The van der Waals surface area contributed by atoms with Crippen LogP contribution in [0.15, 0.2) is 54.6 Å². The second-order valence-electron chi connectivity index (χ2n) is 8.51. The molecule has 1 fully saturated rings. The highest BCUT2D eigenvalue weighted by Gasteiger charge is 2.23. The highest BCUT2D eigenvalue weighted by atomic mass is 35.5. The number of rotatable bonds is 8. The fraction of sp³-hybridized carbons (Fsp3) is 0.407. The molecule has 3 aromatic carbocycles. The zero-order valence-corrected chi connectivity index (χ0v) is 18.8. The number of halogens is 2. The largest absolute Gasteiger partial charge is 0.348 e. The Morgan fingerprint density at radius 1 is 0.935 bits per heavy atom. The summed E-state index contributed by atoms with van der Waals surface area (Å²) < 4.78 is 27.1. The van der Waals surface area contributed by atoms with E-state index < -0.39 is 0 Å². The van der Waals surface area contributed by atoms with Crippen molar-refractivity contribution in [2.45, 2.75) is 51.7 Å². The van der Waals surface area contributed by atoms with Crippen molar-refractivity contribution in [1.29, 1.82) is 0 Å². The Morgan fingerprint density at radius 2 is 1.71 bits per heavy atom. The van der Waals surface area contributed by atoms with Crippen LogP contribution in [0.5, 0.6) is 0 Å². The fourth-order valence-electron chi connectivity index (χ4n) is 4.21. The van der Waals surface area contributed by atoms with Crippen LogP contribution in [0.1, 0.15) is 55.6 Å². The normalized spacial score (nSPS) is 19.1. The molecule has 0 spiro atoms. The maximum Gasteiger partial charge on any atom is 0.183 e. The van der Waals surface area contributed by atoms with Gasteiger partial charge in [0.25, 0.3) is 0 Å². The average Bonchev–Trinajstić information content (AvgIpc) is 2.80. The van der Waals surface area contributed by atoms with Crippen molar-refractivity contribution in [2.75, 3.05) is 13.2 Å².